The van der Waals surface area contributed by atoms with Gasteiger partial charge in [-0.2, -0.15) is 11.3 Å². The van der Waals surface area contributed by atoms with Gasteiger partial charge in [0.2, 0.25) is 0 Å². The Bertz CT molecular complexity index is 529. The van der Waals surface area contributed by atoms with Gasteiger partial charge in [-0.25, -0.2) is 0 Å². The van der Waals surface area contributed by atoms with Gasteiger partial charge in [-0.05, 0) is 34.4 Å². The summed E-state index contributed by atoms with van der Waals surface area (Å²) in [7, 11) is 0. The molecule has 0 aliphatic carbocycles. The van der Waals surface area contributed by atoms with E-state index in [9.17, 15) is 0 Å². The summed E-state index contributed by atoms with van der Waals surface area (Å²) in [5.74, 6) is 0.665. The normalized spacial score (nSPS) is 19.0. The highest BCUT2D eigenvalue weighted by Crippen LogP contribution is 2.29. The quantitative estimate of drug-likeness (QED) is 0.800. The molecular weight excluding hydrogens is 216 g/mol. The van der Waals surface area contributed by atoms with Crippen molar-refractivity contribution in [1.82, 2.24) is 0 Å². The summed E-state index contributed by atoms with van der Waals surface area (Å²) < 4.78 is 0. The van der Waals surface area contributed by atoms with Gasteiger partial charge in [0.15, 0.2) is 0 Å². The molecule has 0 amide bonds. The molecular formula is C13H12N2S. The van der Waals surface area contributed by atoms with Gasteiger partial charge >= 0.3 is 0 Å². The number of benzene rings is 1. The van der Waals surface area contributed by atoms with E-state index in [1.54, 1.807) is 11.3 Å². The summed E-state index contributed by atoms with van der Waals surface area (Å²) in [6, 6.07) is 10.6. The van der Waals surface area contributed by atoms with Crippen LogP contribution in [0, 0.1) is 0 Å². The van der Waals surface area contributed by atoms with E-state index in [-0.39, 0.29) is 6.04 Å². The Morgan fingerprint density at radius 2 is 2.12 bits per heavy atom. The molecule has 0 spiro atoms. The van der Waals surface area contributed by atoms with Gasteiger partial charge in [-0.1, -0.05) is 24.3 Å². The second-order valence-corrected chi connectivity index (χ2v) is 4.73. The Hall–Kier alpha value is -1.61. The predicted molar refractivity (Wildman–Crippen MR) is 67.9 cm³/mol. The molecule has 1 unspecified atom stereocenters. The van der Waals surface area contributed by atoms with E-state index in [4.69, 9.17) is 5.73 Å². The number of nitrogens with zero attached hydrogens (tertiary/aromatic N) is 1. The van der Waals surface area contributed by atoms with Gasteiger partial charge in [-0.15, -0.1) is 0 Å². The molecule has 0 radical (unpaired) electrons. The van der Waals surface area contributed by atoms with Crippen LogP contribution in [0.5, 0.6) is 0 Å². The zero-order chi connectivity index (χ0) is 11.0. The molecule has 0 fully saturated rings. The van der Waals surface area contributed by atoms with Crippen molar-refractivity contribution in [1.29, 1.82) is 0 Å². The van der Waals surface area contributed by atoms with Crippen LogP contribution in [-0.2, 0) is 6.42 Å². The van der Waals surface area contributed by atoms with E-state index in [1.807, 2.05) is 12.1 Å². The second-order valence-electron chi connectivity index (χ2n) is 3.95. The third-order valence-corrected chi connectivity index (χ3v) is 3.63. The SMILES string of the molecule is NC1=NC(c2ccsc2)Cc2ccccc21. The van der Waals surface area contributed by atoms with Crippen LogP contribution in [0.2, 0.25) is 0 Å². The van der Waals surface area contributed by atoms with Crippen molar-refractivity contribution in [3.05, 3.63) is 57.8 Å². The van der Waals surface area contributed by atoms with E-state index < -0.39 is 0 Å². The minimum atomic E-state index is 0.196. The van der Waals surface area contributed by atoms with Gasteiger partial charge in [0, 0.05) is 5.56 Å². The molecule has 0 saturated heterocycles. The highest BCUT2D eigenvalue weighted by Gasteiger charge is 2.20. The van der Waals surface area contributed by atoms with Gasteiger partial charge in [-0.3, -0.25) is 4.99 Å². The number of nitrogens with two attached hydrogens (primary N) is 1. The monoisotopic (exact) mass is 228 g/mol. The first-order valence-corrected chi connectivity index (χ1v) is 6.22. The van der Waals surface area contributed by atoms with E-state index in [1.165, 1.54) is 11.1 Å². The lowest BCUT2D eigenvalue weighted by Crippen LogP contribution is -2.22. The molecule has 2 aromatic rings. The molecule has 1 aliphatic rings. The van der Waals surface area contributed by atoms with Crippen LogP contribution in [0.1, 0.15) is 22.7 Å². The van der Waals surface area contributed by atoms with Crippen LogP contribution in [0.25, 0.3) is 0 Å². The summed E-state index contributed by atoms with van der Waals surface area (Å²) in [5.41, 5.74) is 9.65. The fraction of sp³-hybridized carbons (Fsp3) is 0.154. The molecule has 2 N–H and O–H groups in total. The zero-order valence-electron chi connectivity index (χ0n) is 8.76. The molecule has 16 heavy (non-hydrogen) atoms. The number of rotatable bonds is 1. The lowest BCUT2D eigenvalue weighted by molar-refractivity contribution is 0.713. The maximum absolute atomic E-state index is 6.00. The molecule has 1 atom stereocenters. The number of aliphatic imine (C=N–C) groups is 1. The van der Waals surface area contributed by atoms with Crippen molar-refractivity contribution in [3.63, 3.8) is 0 Å². The zero-order valence-corrected chi connectivity index (χ0v) is 9.58. The second kappa shape index (κ2) is 3.76. The smallest absolute Gasteiger partial charge is 0.126 e. The standard InChI is InChI=1S/C13H12N2S/c14-13-11-4-2-1-3-9(11)7-12(15-13)10-5-6-16-8-10/h1-6,8,12H,7H2,(H2,14,15). The van der Waals surface area contributed by atoms with Crippen molar-refractivity contribution in [3.8, 4) is 0 Å². The molecule has 2 nitrogen and oxygen atoms in total. The Morgan fingerprint density at radius 1 is 1.25 bits per heavy atom. The minimum absolute atomic E-state index is 0.196. The van der Waals surface area contributed by atoms with Crippen LogP contribution in [-0.4, -0.2) is 5.84 Å². The van der Waals surface area contributed by atoms with Gasteiger partial charge in [0.1, 0.15) is 5.84 Å². The third-order valence-electron chi connectivity index (χ3n) is 2.93. The van der Waals surface area contributed by atoms with E-state index in [0.29, 0.717) is 5.84 Å². The molecule has 1 aromatic heterocycles. The fourth-order valence-electron chi connectivity index (χ4n) is 2.10. The fourth-order valence-corrected chi connectivity index (χ4v) is 2.80. The van der Waals surface area contributed by atoms with Crippen LogP contribution >= 0.6 is 11.3 Å². The van der Waals surface area contributed by atoms with Crippen LogP contribution in [0.4, 0.5) is 0 Å². The maximum atomic E-state index is 6.00. The van der Waals surface area contributed by atoms with Gasteiger partial charge in [0.05, 0.1) is 6.04 Å². The van der Waals surface area contributed by atoms with Gasteiger partial charge in [0.25, 0.3) is 0 Å². The maximum Gasteiger partial charge on any atom is 0.126 e. The minimum Gasteiger partial charge on any atom is -0.383 e. The average Bonchev–Trinajstić information content (AvgIpc) is 2.82. The number of hydrogen-bond donors (Lipinski definition) is 1. The predicted octanol–water partition coefficient (Wildman–Crippen LogP) is 2.75. The van der Waals surface area contributed by atoms with Crippen molar-refractivity contribution in [2.75, 3.05) is 0 Å². The largest absolute Gasteiger partial charge is 0.383 e. The Morgan fingerprint density at radius 3 is 2.94 bits per heavy atom. The number of amidine groups is 1. The van der Waals surface area contributed by atoms with Crippen molar-refractivity contribution in [2.24, 2.45) is 10.7 Å². The molecule has 0 bridgehead atoms. The average molecular weight is 228 g/mol. The Labute approximate surface area is 98.5 Å². The van der Waals surface area contributed by atoms with Crippen molar-refractivity contribution >= 4 is 17.2 Å². The van der Waals surface area contributed by atoms with Crippen LogP contribution < -0.4 is 5.73 Å². The summed E-state index contributed by atoms with van der Waals surface area (Å²) in [5, 5.41) is 4.23. The summed E-state index contributed by atoms with van der Waals surface area (Å²) in [6.07, 6.45) is 0.952. The van der Waals surface area contributed by atoms with Gasteiger partial charge < -0.3 is 5.73 Å². The van der Waals surface area contributed by atoms with E-state index in [0.717, 1.165) is 12.0 Å². The Kier molecular flexibility index (Phi) is 2.26. The Balaban J connectivity index is 2.03. The highest BCUT2D eigenvalue weighted by molar-refractivity contribution is 7.07. The summed E-state index contributed by atoms with van der Waals surface area (Å²) in [6.45, 7) is 0. The molecule has 0 saturated carbocycles. The van der Waals surface area contributed by atoms with E-state index in [2.05, 4.69) is 34.0 Å². The molecule has 1 aliphatic heterocycles. The lowest BCUT2D eigenvalue weighted by atomic mass is 9.94. The van der Waals surface area contributed by atoms with E-state index >= 15 is 0 Å². The first-order valence-electron chi connectivity index (χ1n) is 5.28. The number of thiophene rings is 1. The van der Waals surface area contributed by atoms with Crippen molar-refractivity contribution in [2.45, 2.75) is 12.5 Å². The molecule has 2 heterocycles. The lowest BCUT2D eigenvalue weighted by Gasteiger charge is -2.20. The number of fused-ring (bicyclic) bond motifs is 1. The highest BCUT2D eigenvalue weighted by atomic mass is 32.1. The first kappa shape index (κ1) is 9.60. The third kappa shape index (κ3) is 1.53. The van der Waals surface area contributed by atoms with Crippen molar-refractivity contribution < 1.29 is 0 Å². The van der Waals surface area contributed by atoms with Crippen LogP contribution in [0.3, 0.4) is 0 Å². The first-order chi connectivity index (χ1) is 7.84. The summed E-state index contributed by atoms with van der Waals surface area (Å²) in [4.78, 5) is 4.57. The molecule has 3 rings (SSSR count). The topological polar surface area (TPSA) is 38.4 Å². The molecule has 3 heteroatoms. The summed E-state index contributed by atoms with van der Waals surface area (Å²) >= 11 is 1.71. The molecule has 1 aromatic carbocycles. The van der Waals surface area contributed by atoms with Crippen LogP contribution in [0.15, 0.2) is 46.1 Å². The number of hydrogen-bond acceptors (Lipinski definition) is 3. The molecule has 80 valence electrons.